The van der Waals surface area contributed by atoms with Gasteiger partial charge < -0.3 is 19.7 Å². The van der Waals surface area contributed by atoms with E-state index >= 15 is 0 Å². The molecule has 2 aromatic heterocycles. The molecule has 206 valence electrons. The number of hydrogen-bond donors (Lipinski definition) is 1. The first-order valence-corrected chi connectivity index (χ1v) is 15.4. The van der Waals surface area contributed by atoms with Crippen LogP contribution >= 0.6 is 39.7 Å². The highest BCUT2D eigenvalue weighted by Gasteiger charge is 2.42. The average Bonchev–Trinajstić information content (AvgIpc) is 3.44. The highest BCUT2D eigenvalue weighted by Crippen LogP contribution is 2.45. The monoisotopic (exact) mass is 633 g/mol. The Morgan fingerprint density at radius 1 is 0.975 bits per heavy atom. The van der Waals surface area contributed by atoms with Crippen LogP contribution in [0.5, 0.6) is 0 Å². The molecule has 2 aliphatic rings. The number of hydrogen-bond acceptors (Lipinski definition) is 3. The number of pyridine rings is 1. The first-order valence-electron chi connectivity index (χ1n) is 13.8. The van der Waals surface area contributed by atoms with E-state index in [1.165, 1.54) is 24.1 Å². The number of benzene rings is 2. The molecule has 0 radical (unpaired) electrons. The minimum atomic E-state index is -0.118. The van der Waals surface area contributed by atoms with Crippen LogP contribution in [0, 0.1) is 19.8 Å². The number of rotatable bonds is 5. The van der Waals surface area contributed by atoms with Crippen LogP contribution in [0.4, 0.5) is 11.4 Å². The molecule has 0 amide bonds. The second kappa shape index (κ2) is 11.2. The lowest BCUT2D eigenvalue weighted by Crippen LogP contribution is -2.33. The summed E-state index contributed by atoms with van der Waals surface area (Å²) in [5.41, 5.74) is 7.68. The Kier molecular flexibility index (Phi) is 7.64. The first-order chi connectivity index (χ1) is 19.3. The maximum Gasteiger partial charge on any atom is 0.174 e. The van der Waals surface area contributed by atoms with Crippen molar-refractivity contribution in [2.45, 2.75) is 45.7 Å². The molecule has 0 spiro atoms. The van der Waals surface area contributed by atoms with Gasteiger partial charge in [0.2, 0.25) is 0 Å². The average molecular weight is 635 g/mol. The van der Waals surface area contributed by atoms with Gasteiger partial charge in [-0.2, -0.15) is 0 Å². The molecule has 2 aliphatic heterocycles. The van der Waals surface area contributed by atoms with Gasteiger partial charge in [-0.25, -0.2) is 0 Å². The summed E-state index contributed by atoms with van der Waals surface area (Å²) in [6.07, 6.45) is 4.23. The zero-order valence-corrected chi connectivity index (χ0v) is 26.1. The lowest BCUT2D eigenvalue weighted by atomic mass is 9.96. The molecule has 0 saturated carbocycles. The molecule has 2 aromatic carbocycles. The molecule has 40 heavy (non-hydrogen) atoms. The summed E-state index contributed by atoms with van der Waals surface area (Å²) in [4.78, 5) is 9.36. The van der Waals surface area contributed by atoms with Crippen LogP contribution in [0.25, 0.3) is 5.69 Å². The van der Waals surface area contributed by atoms with E-state index in [9.17, 15) is 0 Å². The third kappa shape index (κ3) is 5.04. The molecule has 0 unspecified atom stereocenters. The lowest BCUT2D eigenvalue weighted by Gasteiger charge is -2.33. The van der Waals surface area contributed by atoms with E-state index in [0.29, 0.717) is 5.11 Å². The van der Waals surface area contributed by atoms with Crippen molar-refractivity contribution >= 4 is 56.2 Å². The number of nitrogens with zero attached hydrogens (tertiary/aromatic N) is 4. The summed E-state index contributed by atoms with van der Waals surface area (Å²) in [6, 6.07) is 22.9. The van der Waals surface area contributed by atoms with E-state index in [2.05, 4.69) is 111 Å². The van der Waals surface area contributed by atoms with Crippen molar-refractivity contribution < 1.29 is 0 Å². The lowest BCUT2D eigenvalue weighted by molar-refractivity contribution is 0.438. The number of aromatic nitrogens is 2. The molecule has 0 bridgehead atoms. The molecule has 4 heterocycles. The van der Waals surface area contributed by atoms with Gasteiger partial charge in [-0.05, 0) is 105 Å². The Hall–Kier alpha value is -2.87. The van der Waals surface area contributed by atoms with Crippen LogP contribution in [0.1, 0.15) is 54.5 Å². The largest absolute Gasteiger partial charge is 0.370 e. The van der Waals surface area contributed by atoms with Crippen molar-refractivity contribution in [3.05, 3.63) is 105 Å². The van der Waals surface area contributed by atoms with Crippen LogP contribution in [-0.4, -0.2) is 27.8 Å². The van der Waals surface area contributed by atoms with Crippen molar-refractivity contribution in [2.75, 3.05) is 22.9 Å². The second-order valence-electron chi connectivity index (χ2n) is 10.9. The first kappa shape index (κ1) is 27.3. The predicted molar refractivity (Wildman–Crippen MR) is 173 cm³/mol. The molecule has 6 rings (SSSR count). The van der Waals surface area contributed by atoms with Crippen molar-refractivity contribution in [1.82, 2.24) is 14.9 Å². The quantitative estimate of drug-likeness (QED) is 0.224. The summed E-state index contributed by atoms with van der Waals surface area (Å²) >= 11 is 16.6. The molecule has 1 N–H and O–H groups in total. The molecule has 4 aromatic rings. The third-order valence-corrected chi connectivity index (χ3v) is 9.40. The van der Waals surface area contributed by atoms with Gasteiger partial charge in [0.05, 0.1) is 28.5 Å². The fourth-order valence-corrected chi connectivity index (χ4v) is 7.23. The van der Waals surface area contributed by atoms with Gasteiger partial charge in [0, 0.05) is 46.5 Å². The fourth-order valence-electron chi connectivity index (χ4n) is 6.20. The maximum atomic E-state index is 6.97. The van der Waals surface area contributed by atoms with Gasteiger partial charge >= 0.3 is 0 Å². The standard InChI is InChI=1S/C32H33BrClN5S/c1-20-12-15-37(16-13-20)29-11-10-25(19-27(29)34)39-31(30(36-32(39)40)28-9-4-5-14-35-28)26-17-21(2)38(22(26)3)24-8-6-7-23(33)18-24/h4-11,14,17-20,30-31H,12-13,15-16H2,1-3H3,(H,36,40)/t30-,31+/m0/s1. The Bertz CT molecular complexity index is 1550. The maximum absolute atomic E-state index is 6.97. The minimum Gasteiger partial charge on any atom is -0.370 e. The third-order valence-electron chi connectivity index (χ3n) is 8.29. The van der Waals surface area contributed by atoms with Gasteiger partial charge in [0.25, 0.3) is 0 Å². The molecular formula is C32H33BrClN5S. The molecule has 2 fully saturated rings. The zero-order valence-electron chi connectivity index (χ0n) is 22.9. The summed E-state index contributed by atoms with van der Waals surface area (Å²) < 4.78 is 3.36. The number of thiocarbonyl (C=S) groups is 1. The van der Waals surface area contributed by atoms with Gasteiger partial charge in [-0.1, -0.05) is 46.6 Å². The molecule has 2 saturated heterocycles. The van der Waals surface area contributed by atoms with Crippen molar-refractivity contribution in [2.24, 2.45) is 5.92 Å². The van der Waals surface area contributed by atoms with Gasteiger partial charge in [0.1, 0.15) is 0 Å². The van der Waals surface area contributed by atoms with Crippen molar-refractivity contribution in [1.29, 1.82) is 0 Å². The van der Waals surface area contributed by atoms with Crippen LogP contribution in [-0.2, 0) is 0 Å². The van der Waals surface area contributed by atoms with E-state index in [4.69, 9.17) is 28.8 Å². The highest BCUT2D eigenvalue weighted by atomic mass is 79.9. The Morgan fingerprint density at radius 3 is 2.48 bits per heavy atom. The van der Waals surface area contributed by atoms with E-state index in [1.54, 1.807) is 0 Å². The second-order valence-corrected chi connectivity index (χ2v) is 12.7. The SMILES string of the molecule is Cc1cc([C@@H]2[C@H](c3ccccn3)NC(=S)N2c2ccc(N3CCC(C)CC3)c(Cl)c2)c(C)n1-c1cccc(Br)c1. The normalized spacial score (nSPS) is 19.8. The molecule has 0 aliphatic carbocycles. The number of halogens is 2. The Balaban J connectivity index is 1.44. The van der Waals surface area contributed by atoms with Gasteiger partial charge in [-0.3, -0.25) is 4.98 Å². The van der Waals surface area contributed by atoms with Gasteiger partial charge in [0.15, 0.2) is 5.11 Å². The molecular weight excluding hydrogens is 602 g/mol. The predicted octanol–water partition coefficient (Wildman–Crippen LogP) is 8.32. The smallest absolute Gasteiger partial charge is 0.174 e. The molecule has 5 nitrogen and oxygen atoms in total. The Morgan fingerprint density at radius 2 is 1.77 bits per heavy atom. The highest BCUT2D eigenvalue weighted by molar-refractivity contribution is 9.10. The summed E-state index contributed by atoms with van der Waals surface area (Å²) in [6.45, 7) is 8.75. The van der Waals surface area contributed by atoms with E-state index in [-0.39, 0.29) is 12.1 Å². The summed E-state index contributed by atoms with van der Waals surface area (Å²) in [5.74, 6) is 0.766. The number of aryl methyl sites for hydroxylation is 1. The topological polar surface area (TPSA) is 36.3 Å². The van der Waals surface area contributed by atoms with E-state index in [0.717, 1.165) is 57.0 Å². The fraction of sp³-hybridized carbons (Fsp3) is 0.312. The van der Waals surface area contributed by atoms with Crippen molar-refractivity contribution in [3.63, 3.8) is 0 Å². The summed E-state index contributed by atoms with van der Waals surface area (Å²) in [7, 11) is 0. The van der Waals surface area contributed by atoms with Crippen LogP contribution in [0.2, 0.25) is 5.02 Å². The Labute approximate surface area is 255 Å². The summed E-state index contributed by atoms with van der Waals surface area (Å²) in [5, 5.41) is 5.03. The van der Waals surface area contributed by atoms with Crippen LogP contribution in [0.3, 0.4) is 0 Å². The van der Waals surface area contributed by atoms with Crippen LogP contribution in [0.15, 0.2) is 77.4 Å². The molecule has 2 atom stereocenters. The van der Waals surface area contributed by atoms with E-state index in [1.807, 2.05) is 18.3 Å². The number of nitrogens with one attached hydrogen (secondary N) is 1. The molecule has 8 heteroatoms. The number of anilines is 2. The van der Waals surface area contributed by atoms with Crippen molar-refractivity contribution in [3.8, 4) is 5.69 Å². The zero-order chi connectivity index (χ0) is 28.0. The minimum absolute atomic E-state index is 0.104. The van der Waals surface area contributed by atoms with E-state index < -0.39 is 0 Å². The number of piperidine rings is 1. The van der Waals surface area contributed by atoms with Crippen LogP contribution < -0.4 is 15.1 Å². The van der Waals surface area contributed by atoms with Gasteiger partial charge in [-0.15, -0.1) is 0 Å².